The van der Waals surface area contributed by atoms with Gasteiger partial charge >= 0.3 is 0 Å². The monoisotopic (exact) mass is 172 g/mol. The van der Waals surface area contributed by atoms with Crippen molar-refractivity contribution in [2.45, 2.75) is 59.5 Å². The van der Waals surface area contributed by atoms with E-state index in [1.807, 2.05) is 13.8 Å². The van der Waals surface area contributed by atoms with E-state index in [9.17, 15) is 5.11 Å². The van der Waals surface area contributed by atoms with Crippen LogP contribution < -0.4 is 0 Å². The molecule has 0 aromatic carbocycles. The molecule has 0 spiro atoms. The van der Waals surface area contributed by atoms with Crippen molar-refractivity contribution in [1.82, 2.24) is 0 Å². The largest absolute Gasteiger partial charge is 0.390 e. The third-order valence-corrected chi connectivity index (χ3v) is 2.83. The third kappa shape index (κ3) is 5.59. The van der Waals surface area contributed by atoms with E-state index in [1.165, 1.54) is 6.42 Å². The number of hydrogen-bond donors (Lipinski definition) is 1. The summed E-state index contributed by atoms with van der Waals surface area (Å²) in [5.74, 6) is 1.52. The van der Waals surface area contributed by atoms with Crippen LogP contribution in [0.4, 0.5) is 0 Å². The lowest BCUT2D eigenvalue weighted by molar-refractivity contribution is 0.0614. The Kier molecular flexibility index (Phi) is 4.84. The minimum absolute atomic E-state index is 0.484. The maximum atomic E-state index is 9.52. The smallest absolute Gasteiger partial charge is 0.0591 e. The van der Waals surface area contributed by atoms with E-state index in [0.29, 0.717) is 0 Å². The molecule has 0 aromatic rings. The maximum Gasteiger partial charge on any atom is 0.0591 e. The first kappa shape index (κ1) is 12.0. The van der Waals surface area contributed by atoms with Gasteiger partial charge in [0, 0.05) is 0 Å². The van der Waals surface area contributed by atoms with Crippen LogP contribution in [0.1, 0.15) is 53.9 Å². The highest BCUT2D eigenvalue weighted by molar-refractivity contribution is 4.69. The molecular weight excluding hydrogens is 148 g/mol. The van der Waals surface area contributed by atoms with E-state index in [0.717, 1.165) is 24.7 Å². The van der Waals surface area contributed by atoms with Crippen LogP contribution in [0.3, 0.4) is 0 Å². The van der Waals surface area contributed by atoms with Crippen molar-refractivity contribution in [3.05, 3.63) is 0 Å². The quantitative estimate of drug-likeness (QED) is 0.675. The Labute approximate surface area is 77.2 Å². The van der Waals surface area contributed by atoms with Crippen molar-refractivity contribution < 1.29 is 5.11 Å². The van der Waals surface area contributed by atoms with Gasteiger partial charge in [0.2, 0.25) is 0 Å². The standard InChI is InChI=1S/C11H24O/c1-6-9(2)10(3)7-8-11(4,5)12/h9-10,12H,6-8H2,1-5H3/t9-,10-/m0/s1. The zero-order chi connectivity index (χ0) is 9.78. The summed E-state index contributed by atoms with van der Waals surface area (Å²) in [4.78, 5) is 0. The van der Waals surface area contributed by atoms with E-state index in [-0.39, 0.29) is 0 Å². The van der Waals surface area contributed by atoms with E-state index < -0.39 is 5.60 Å². The van der Waals surface area contributed by atoms with Gasteiger partial charge in [-0.25, -0.2) is 0 Å². The van der Waals surface area contributed by atoms with E-state index in [1.54, 1.807) is 0 Å². The van der Waals surface area contributed by atoms with Crippen LogP contribution in [-0.2, 0) is 0 Å². The number of hydrogen-bond acceptors (Lipinski definition) is 1. The van der Waals surface area contributed by atoms with E-state index in [4.69, 9.17) is 0 Å². The first-order valence-corrected chi connectivity index (χ1v) is 5.09. The summed E-state index contributed by atoms with van der Waals surface area (Å²) < 4.78 is 0. The summed E-state index contributed by atoms with van der Waals surface area (Å²) in [5.41, 5.74) is -0.484. The molecule has 0 aliphatic carbocycles. The van der Waals surface area contributed by atoms with Crippen LogP contribution in [0.2, 0.25) is 0 Å². The van der Waals surface area contributed by atoms with Gasteiger partial charge in [-0.3, -0.25) is 0 Å². The second-order valence-corrected chi connectivity index (χ2v) is 4.71. The fraction of sp³-hybridized carbons (Fsp3) is 1.00. The second-order valence-electron chi connectivity index (χ2n) is 4.71. The van der Waals surface area contributed by atoms with Crippen molar-refractivity contribution in [3.63, 3.8) is 0 Å². The molecule has 0 amide bonds. The minimum Gasteiger partial charge on any atom is -0.390 e. The molecule has 0 aromatic heterocycles. The van der Waals surface area contributed by atoms with Crippen LogP contribution in [0.25, 0.3) is 0 Å². The van der Waals surface area contributed by atoms with Crippen LogP contribution in [-0.4, -0.2) is 10.7 Å². The molecule has 1 heteroatoms. The molecule has 0 saturated carbocycles. The molecule has 0 aliphatic heterocycles. The number of aliphatic hydroxyl groups is 1. The molecule has 1 N–H and O–H groups in total. The molecule has 0 fully saturated rings. The van der Waals surface area contributed by atoms with Crippen LogP contribution in [0.5, 0.6) is 0 Å². The maximum absolute atomic E-state index is 9.52. The Hall–Kier alpha value is -0.0400. The van der Waals surface area contributed by atoms with Crippen LogP contribution in [0, 0.1) is 11.8 Å². The molecule has 0 unspecified atom stereocenters. The molecule has 74 valence electrons. The lowest BCUT2D eigenvalue weighted by atomic mass is 9.86. The lowest BCUT2D eigenvalue weighted by Gasteiger charge is -2.23. The summed E-state index contributed by atoms with van der Waals surface area (Å²) in [6.45, 7) is 10.6. The van der Waals surface area contributed by atoms with Gasteiger partial charge in [-0.05, 0) is 38.5 Å². The fourth-order valence-electron chi connectivity index (χ4n) is 1.27. The van der Waals surface area contributed by atoms with Gasteiger partial charge in [-0.2, -0.15) is 0 Å². The Balaban J connectivity index is 3.64. The van der Waals surface area contributed by atoms with Gasteiger partial charge in [-0.1, -0.05) is 27.2 Å². The lowest BCUT2D eigenvalue weighted by Crippen LogP contribution is -2.20. The zero-order valence-electron chi connectivity index (χ0n) is 9.22. The Morgan fingerprint density at radius 1 is 1.17 bits per heavy atom. The minimum atomic E-state index is -0.484. The van der Waals surface area contributed by atoms with E-state index >= 15 is 0 Å². The molecule has 1 nitrogen and oxygen atoms in total. The second kappa shape index (κ2) is 4.86. The van der Waals surface area contributed by atoms with Gasteiger partial charge in [0.05, 0.1) is 5.60 Å². The average Bonchev–Trinajstić information content (AvgIpc) is 1.97. The first-order chi connectivity index (χ1) is 5.37. The SMILES string of the molecule is CC[C@H](C)[C@@H](C)CCC(C)(C)O. The van der Waals surface area contributed by atoms with Crippen LogP contribution in [0.15, 0.2) is 0 Å². The first-order valence-electron chi connectivity index (χ1n) is 5.09. The summed E-state index contributed by atoms with van der Waals surface area (Å²) in [6.07, 6.45) is 3.30. The average molecular weight is 172 g/mol. The van der Waals surface area contributed by atoms with Crippen LogP contribution >= 0.6 is 0 Å². The van der Waals surface area contributed by atoms with Gasteiger partial charge in [0.25, 0.3) is 0 Å². The summed E-state index contributed by atoms with van der Waals surface area (Å²) >= 11 is 0. The summed E-state index contributed by atoms with van der Waals surface area (Å²) in [6, 6.07) is 0. The summed E-state index contributed by atoms with van der Waals surface area (Å²) in [5, 5.41) is 9.52. The molecule has 0 bridgehead atoms. The Morgan fingerprint density at radius 2 is 1.67 bits per heavy atom. The molecule has 0 heterocycles. The van der Waals surface area contributed by atoms with Gasteiger partial charge in [0.15, 0.2) is 0 Å². The predicted octanol–water partition coefficient (Wildman–Crippen LogP) is 3.22. The van der Waals surface area contributed by atoms with Gasteiger partial charge < -0.3 is 5.11 Å². The molecule has 0 aliphatic rings. The van der Waals surface area contributed by atoms with Gasteiger partial charge in [0.1, 0.15) is 0 Å². The fourth-order valence-corrected chi connectivity index (χ4v) is 1.27. The van der Waals surface area contributed by atoms with Crippen molar-refractivity contribution in [2.24, 2.45) is 11.8 Å². The Bertz CT molecular complexity index is 113. The molecule has 0 radical (unpaired) electrons. The molecule has 12 heavy (non-hydrogen) atoms. The highest BCUT2D eigenvalue weighted by atomic mass is 16.3. The summed E-state index contributed by atoms with van der Waals surface area (Å²) in [7, 11) is 0. The zero-order valence-corrected chi connectivity index (χ0v) is 9.22. The number of rotatable bonds is 5. The predicted molar refractivity (Wildman–Crippen MR) is 54.2 cm³/mol. The van der Waals surface area contributed by atoms with Crippen molar-refractivity contribution in [3.8, 4) is 0 Å². The normalized spacial score (nSPS) is 17.5. The van der Waals surface area contributed by atoms with Crippen molar-refractivity contribution in [1.29, 1.82) is 0 Å². The Morgan fingerprint density at radius 3 is 2.00 bits per heavy atom. The van der Waals surface area contributed by atoms with Crippen molar-refractivity contribution in [2.75, 3.05) is 0 Å². The molecule has 0 saturated heterocycles. The topological polar surface area (TPSA) is 20.2 Å². The highest BCUT2D eigenvalue weighted by Crippen LogP contribution is 2.23. The molecule has 2 atom stereocenters. The highest BCUT2D eigenvalue weighted by Gasteiger charge is 2.16. The molecular formula is C11H24O. The van der Waals surface area contributed by atoms with Crippen molar-refractivity contribution >= 4 is 0 Å². The van der Waals surface area contributed by atoms with E-state index in [2.05, 4.69) is 20.8 Å². The third-order valence-electron chi connectivity index (χ3n) is 2.83. The molecule has 0 rings (SSSR count). The van der Waals surface area contributed by atoms with Gasteiger partial charge in [-0.15, -0.1) is 0 Å².